The summed E-state index contributed by atoms with van der Waals surface area (Å²) in [7, 11) is 0. The number of nitrogens with one attached hydrogen (secondary N) is 1. The van der Waals surface area contributed by atoms with Crippen molar-refractivity contribution >= 4 is 6.08 Å². The van der Waals surface area contributed by atoms with Gasteiger partial charge in [-0.3, -0.25) is 0 Å². The lowest BCUT2D eigenvalue weighted by Gasteiger charge is -2.15. The molecule has 0 aromatic heterocycles. The summed E-state index contributed by atoms with van der Waals surface area (Å²) in [5.74, 6) is 1.29. The van der Waals surface area contributed by atoms with E-state index in [0.717, 1.165) is 19.5 Å². The van der Waals surface area contributed by atoms with Gasteiger partial charge in [-0.05, 0) is 35.9 Å². The van der Waals surface area contributed by atoms with Gasteiger partial charge in [0.1, 0.15) is 0 Å². The molecule has 0 amide bonds. The molecule has 1 heteroatoms. The molecule has 0 unspecified atom stereocenters. The third-order valence-corrected chi connectivity index (χ3v) is 3.40. The molecule has 1 nitrogen and oxygen atoms in total. The standard InChI is InChI=1S/C18H29N/c1-6-16-9-7-8-10-17(16)11-18(15(4)5)13-19-12-14(2)3/h7-11,14-15,19H,6,12-13H2,1-5H3. The van der Waals surface area contributed by atoms with E-state index in [1.54, 1.807) is 0 Å². The van der Waals surface area contributed by atoms with E-state index in [1.165, 1.54) is 16.7 Å². The van der Waals surface area contributed by atoms with Crippen LogP contribution in [-0.2, 0) is 6.42 Å². The monoisotopic (exact) mass is 259 g/mol. The van der Waals surface area contributed by atoms with E-state index in [1.807, 2.05) is 0 Å². The highest BCUT2D eigenvalue weighted by Crippen LogP contribution is 2.18. The van der Waals surface area contributed by atoms with Crippen molar-refractivity contribution in [2.45, 2.75) is 41.0 Å². The maximum Gasteiger partial charge on any atom is 0.0170 e. The maximum absolute atomic E-state index is 3.56. The number of rotatable bonds is 7. The highest BCUT2D eigenvalue weighted by atomic mass is 14.9. The minimum atomic E-state index is 0.588. The number of aryl methyl sites for hydroxylation is 1. The SMILES string of the molecule is CCc1ccccc1C=C(CNCC(C)C)C(C)C. The van der Waals surface area contributed by atoms with Crippen LogP contribution in [0.4, 0.5) is 0 Å². The van der Waals surface area contributed by atoms with Crippen LogP contribution in [0.3, 0.4) is 0 Å². The first-order chi connectivity index (χ1) is 9.04. The Balaban J connectivity index is 2.82. The zero-order chi connectivity index (χ0) is 14.3. The first-order valence-corrected chi connectivity index (χ1v) is 7.53. The first kappa shape index (κ1) is 16.0. The van der Waals surface area contributed by atoms with E-state index in [4.69, 9.17) is 0 Å². The molecule has 1 N–H and O–H groups in total. The van der Waals surface area contributed by atoms with Crippen LogP contribution < -0.4 is 5.32 Å². The molecule has 0 aliphatic heterocycles. The number of hydrogen-bond donors (Lipinski definition) is 1. The predicted molar refractivity (Wildman–Crippen MR) is 86.3 cm³/mol. The second kappa shape index (κ2) is 8.16. The molecule has 0 fully saturated rings. The third kappa shape index (κ3) is 5.61. The van der Waals surface area contributed by atoms with Gasteiger partial charge >= 0.3 is 0 Å². The molecule has 0 saturated carbocycles. The molecule has 106 valence electrons. The zero-order valence-corrected chi connectivity index (χ0v) is 13.2. The second-order valence-corrected chi connectivity index (χ2v) is 5.95. The van der Waals surface area contributed by atoms with E-state index in [2.05, 4.69) is 70.3 Å². The summed E-state index contributed by atoms with van der Waals surface area (Å²) >= 11 is 0. The van der Waals surface area contributed by atoms with Gasteiger partial charge in [0.2, 0.25) is 0 Å². The molecular weight excluding hydrogens is 230 g/mol. The van der Waals surface area contributed by atoms with E-state index in [0.29, 0.717) is 11.8 Å². The fourth-order valence-corrected chi connectivity index (χ4v) is 2.12. The Morgan fingerprint density at radius 3 is 2.42 bits per heavy atom. The van der Waals surface area contributed by atoms with Crippen LogP contribution in [0, 0.1) is 11.8 Å². The van der Waals surface area contributed by atoms with E-state index >= 15 is 0 Å². The predicted octanol–water partition coefficient (Wildman–Crippen LogP) is 4.53. The molecule has 0 bridgehead atoms. The molecule has 0 saturated heterocycles. The Morgan fingerprint density at radius 1 is 1.16 bits per heavy atom. The Labute approximate surface area is 119 Å². The van der Waals surface area contributed by atoms with Gasteiger partial charge in [-0.2, -0.15) is 0 Å². The summed E-state index contributed by atoms with van der Waals surface area (Å²) in [5.41, 5.74) is 4.30. The van der Waals surface area contributed by atoms with Crippen LogP contribution in [0.1, 0.15) is 45.7 Å². The summed E-state index contributed by atoms with van der Waals surface area (Å²) in [6.45, 7) is 13.3. The fraction of sp³-hybridized carbons (Fsp3) is 0.556. The van der Waals surface area contributed by atoms with Crippen molar-refractivity contribution in [1.82, 2.24) is 5.32 Å². The molecular formula is C18H29N. The maximum atomic E-state index is 3.56. The summed E-state index contributed by atoms with van der Waals surface area (Å²) in [6, 6.07) is 8.71. The van der Waals surface area contributed by atoms with Crippen molar-refractivity contribution < 1.29 is 0 Å². The molecule has 0 aliphatic carbocycles. The van der Waals surface area contributed by atoms with E-state index < -0.39 is 0 Å². The van der Waals surface area contributed by atoms with Crippen molar-refractivity contribution in [3.63, 3.8) is 0 Å². The van der Waals surface area contributed by atoms with E-state index in [-0.39, 0.29) is 0 Å². The van der Waals surface area contributed by atoms with Crippen molar-refractivity contribution in [2.24, 2.45) is 11.8 Å². The molecule has 1 aromatic rings. The minimum absolute atomic E-state index is 0.588. The van der Waals surface area contributed by atoms with Gasteiger partial charge in [-0.15, -0.1) is 0 Å². The fourth-order valence-electron chi connectivity index (χ4n) is 2.12. The highest BCUT2D eigenvalue weighted by molar-refractivity contribution is 5.57. The summed E-state index contributed by atoms with van der Waals surface area (Å²) in [4.78, 5) is 0. The van der Waals surface area contributed by atoms with Crippen LogP contribution in [0.15, 0.2) is 29.8 Å². The average molecular weight is 259 g/mol. The summed E-state index contributed by atoms with van der Waals surface area (Å²) in [5, 5.41) is 3.56. The molecule has 0 spiro atoms. The number of benzene rings is 1. The number of hydrogen-bond acceptors (Lipinski definition) is 1. The largest absolute Gasteiger partial charge is 0.313 e. The van der Waals surface area contributed by atoms with Crippen LogP contribution in [0.25, 0.3) is 6.08 Å². The topological polar surface area (TPSA) is 12.0 Å². The van der Waals surface area contributed by atoms with Gasteiger partial charge in [0.05, 0.1) is 0 Å². The van der Waals surface area contributed by atoms with E-state index in [9.17, 15) is 0 Å². The highest BCUT2D eigenvalue weighted by Gasteiger charge is 2.05. The van der Waals surface area contributed by atoms with Crippen molar-refractivity contribution in [1.29, 1.82) is 0 Å². The Kier molecular flexibility index (Phi) is 6.86. The second-order valence-electron chi connectivity index (χ2n) is 5.95. The van der Waals surface area contributed by atoms with Crippen LogP contribution >= 0.6 is 0 Å². The third-order valence-electron chi connectivity index (χ3n) is 3.40. The average Bonchev–Trinajstić information content (AvgIpc) is 2.37. The minimum Gasteiger partial charge on any atom is -0.313 e. The molecule has 1 rings (SSSR count). The van der Waals surface area contributed by atoms with Gasteiger partial charge in [-0.25, -0.2) is 0 Å². The molecule has 19 heavy (non-hydrogen) atoms. The molecule has 0 aliphatic rings. The molecule has 0 atom stereocenters. The van der Waals surface area contributed by atoms with Crippen molar-refractivity contribution in [3.05, 3.63) is 41.0 Å². The smallest absolute Gasteiger partial charge is 0.0170 e. The Bertz CT molecular complexity index is 402. The van der Waals surface area contributed by atoms with Gasteiger partial charge < -0.3 is 5.32 Å². The molecule has 0 heterocycles. The van der Waals surface area contributed by atoms with Crippen LogP contribution in [-0.4, -0.2) is 13.1 Å². The van der Waals surface area contributed by atoms with Crippen molar-refractivity contribution in [3.8, 4) is 0 Å². The normalized spacial score (nSPS) is 12.5. The lowest BCUT2D eigenvalue weighted by Crippen LogP contribution is -2.23. The first-order valence-electron chi connectivity index (χ1n) is 7.53. The van der Waals surface area contributed by atoms with Gasteiger partial charge in [-0.1, -0.05) is 70.5 Å². The van der Waals surface area contributed by atoms with Gasteiger partial charge in [0, 0.05) is 6.54 Å². The summed E-state index contributed by atoms with van der Waals surface area (Å²) < 4.78 is 0. The zero-order valence-electron chi connectivity index (χ0n) is 13.2. The Hall–Kier alpha value is -1.08. The summed E-state index contributed by atoms with van der Waals surface area (Å²) in [6.07, 6.45) is 3.47. The van der Waals surface area contributed by atoms with Crippen LogP contribution in [0.2, 0.25) is 0 Å². The molecule has 1 aromatic carbocycles. The van der Waals surface area contributed by atoms with Crippen molar-refractivity contribution in [2.75, 3.05) is 13.1 Å². The lowest BCUT2D eigenvalue weighted by atomic mass is 9.97. The molecule has 0 radical (unpaired) electrons. The Morgan fingerprint density at radius 2 is 1.84 bits per heavy atom. The van der Waals surface area contributed by atoms with Crippen LogP contribution in [0.5, 0.6) is 0 Å². The quantitative estimate of drug-likeness (QED) is 0.758. The lowest BCUT2D eigenvalue weighted by molar-refractivity contribution is 0.558. The van der Waals surface area contributed by atoms with Gasteiger partial charge in [0.15, 0.2) is 0 Å². The van der Waals surface area contributed by atoms with Gasteiger partial charge in [0.25, 0.3) is 0 Å².